The summed E-state index contributed by atoms with van der Waals surface area (Å²) in [4.78, 5) is 24.5. The van der Waals surface area contributed by atoms with E-state index in [4.69, 9.17) is 0 Å². The molecule has 2 aromatic rings. The Kier molecular flexibility index (Phi) is 4.78. The number of hydrogen-bond donors (Lipinski definition) is 3. The first-order valence-corrected chi connectivity index (χ1v) is 8.12. The molecule has 1 aromatic heterocycles. The molecule has 2 aliphatic rings. The summed E-state index contributed by atoms with van der Waals surface area (Å²) in [7, 11) is 0. The monoisotopic (exact) mass is 361 g/mol. The van der Waals surface area contributed by atoms with Crippen LogP contribution in [0.15, 0.2) is 36.7 Å². The van der Waals surface area contributed by atoms with Gasteiger partial charge in [0.15, 0.2) is 0 Å². The average Bonchev–Trinajstić information content (AvgIpc) is 3.24. The van der Waals surface area contributed by atoms with Gasteiger partial charge in [-0.3, -0.25) is 14.3 Å². The lowest BCUT2D eigenvalue weighted by Gasteiger charge is -2.36. The number of halogens is 1. The van der Waals surface area contributed by atoms with Crippen LogP contribution in [0.2, 0.25) is 0 Å². The zero-order valence-electron chi connectivity index (χ0n) is 13.6. The van der Waals surface area contributed by atoms with E-state index in [2.05, 4.69) is 21.0 Å². The molecule has 0 atom stereocenters. The predicted octanol–water partition coefficient (Wildman–Crippen LogP) is 1.52. The fraction of sp³-hybridized carbons (Fsp3) is 0.353. The first-order valence-electron chi connectivity index (χ1n) is 8.12. The van der Waals surface area contributed by atoms with Crippen molar-refractivity contribution in [2.45, 2.75) is 24.8 Å². The van der Waals surface area contributed by atoms with Crippen LogP contribution in [0, 0.1) is 0 Å². The van der Waals surface area contributed by atoms with Crippen LogP contribution in [0.25, 0.3) is 0 Å². The van der Waals surface area contributed by atoms with Gasteiger partial charge in [0.05, 0.1) is 6.42 Å². The van der Waals surface area contributed by atoms with Crippen molar-refractivity contribution >= 4 is 35.6 Å². The highest BCUT2D eigenvalue weighted by Gasteiger charge is 2.42. The summed E-state index contributed by atoms with van der Waals surface area (Å²) in [6, 6.07) is 7.35. The molecule has 0 unspecified atom stereocenters. The van der Waals surface area contributed by atoms with Crippen molar-refractivity contribution in [2.24, 2.45) is 0 Å². The van der Waals surface area contributed by atoms with Crippen LogP contribution < -0.4 is 16.0 Å². The first-order chi connectivity index (χ1) is 11.7. The van der Waals surface area contributed by atoms with Gasteiger partial charge in [0, 0.05) is 23.8 Å². The Morgan fingerprint density at radius 2 is 2.08 bits per heavy atom. The van der Waals surface area contributed by atoms with Crippen LogP contribution in [0.5, 0.6) is 0 Å². The van der Waals surface area contributed by atoms with Gasteiger partial charge in [-0.05, 0) is 55.8 Å². The second kappa shape index (κ2) is 6.85. The van der Waals surface area contributed by atoms with E-state index in [1.807, 2.05) is 30.5 Å². The number of carbonyl (C=O) groups excluding carboxylic acids is 2. The van der Waals surface area contributed by atoms with Crippen LogP contribution in [-0.2, 0) is 21.5 Å². The van der Waals surface area contributed by atoms with Crippen molar-refractivity contribution in [1.82, 2.24) is 15.1 Å². The number of rotatable bonds is 3. The van der Waals surface area contributed by atoms with Crippen LogP contribution in [0.4, 0.5) is 11.4 Å². The molecular formula is C17H20ClN5O2. The van der Waals surface area contributed by atoms with Crippen LogP contribution in [0.1, 0.15) is 18.4 Å². The topological polar surface area (TPSA) is 88.0 Å². The molecule has 0 aliphatic carbocycles. The Balaban J connectivity index is 0.00000182. The van der Waals surface area contributed by atoms with Gasteiger partial charge < -0.3 is 16.0 Å². The fourth-order valence-electron chi connectivity index (χ4n) is 3.48. The first kappa shape index (κ1) is 17.4. The lowest BCUT2D eigenvalue weighted by Crippen LogP contribution is -2.52. The Morgan fingerprint density at radius 3 is 2.80 bits per heavy atom. The van der Waals surface area contributed by atoms with Crippen molar-refractivity contribution in [3.05, 3.63) is 42.2 Å². The number of amides is 2. The maximum absolute atomic E-state index is 13.1. The second-order valence-corrected chi connectivity index (χ2v) is 6.28. The van der Waals surface area contributed by atoms with Crippen LogP contribution >= 0.6 is 12.4 Å². The minimum Gasteiger partial charge on any atom is -0.326 e. The number of fused-ring (bicyclic) bond motifs is 1. The normalized spacial score (nSPS) is 18.0. The van der Waals surface area contributed by atoms with Crippen molar-refractivity contribution in [3.8, 4) is 0 Å². The Bertz CT molecular complexity index is 784. The summed E-state index contributed by atoms with van der Waals surface area (Å²) in [5, 5.41) is 13.4. The SMILES string of the molecule is Cl.O=C1Cc2cc(NC(=O)C3(n4cccn4)CCNCC3)ccc2N1. The van der Waals surface area contributed by atoms with E-state index in [0.29, 0.717) is 24.9 Å². The van der Waals surface area contributed by atoms with E-state index in [1.165, 1.54) is 0 Å². The van der Waals surface area contributed by atoms with Gasteiger partial charge in [-0.1, -0.05) is 0 Å². The van der Waals surface area contributed by atoms with Gasteiger partial charge in [0.25, 0.3) is 5.91 Å². The van der Waals surface area contributed by atoms with Crippen molar-refractivity contribution in [1.29, 1.82) is 0 Å². The lowest BCUT2D eigenvalue weighted by atomic mass is 9.87. The number of anilines is 2. The molecule has 0 bridgehead atoms. The molecule has 7 nitrogen and oxygen atoms in total. The van der Waals surface area contributed by atoms with Crippen LogP contribution in [-0.4, -0.2) is 34.7 Å². The Morgan fingerprint density at radius 1 is 1.28 bits per heavy atom. The third-order valence-electron chi connectivity index (χ3n) is 4.78. The largest absolute Gasteiger partial charge is 0.326 e. The minimum atomic E-state index is -0.679. The smallest absolute Gasteiger partial charge is 0.252 e. The second-order valence-electron chi connectivity index (χ2n) is 6.28. The molecule has 25 heavy (non-hydrogen) atoms. The standard InChI is InChI=1S/C17H19N5O2.ClH/c23-15-11-12-10-13(2-3-14(12)21-15)20-16(24)17(4-7-18-8-5-17)22-9-1-6-19-22;/h1-3,6,9-10,18H,4-5,7-8,11H2,(H,20,24)(H,21,23);1H. The van der Waals surface area contributed by atoms with Crippen molar-refractivity contribution in [2.75, 3.05) is 23.7 Å². The van der Waals surface area contributed by atoms with Crippen molar-refractivity contribution in [3.63, 3.8) is 0 Å². The molecule has 3 heterocycles. The van der Waals surface area contributed by atoms with Gasteiger partial charge >= 0.3 is 0 Å². The Hall–Kier alpha value is -2.38. The maximum atomic E-state index is 13.1. The summed E-state index contributed by atoms with van der Waals surface area (Å²) in [6.07, 6.45) is 5.27. The average molecular weight is 362 g/mol. The number of carbonyl (C=O) groups is 2. The van der Waals surface area contributed by atoms with E-state index >= 15 is 0 Å². The van der Waals surface area contributed by atoms with E-state index in [9.17, 15) is 9.59 Å². The highest BCUT2D eigenvalue weighted by molar-refractivity contribution is 6.01. The number of nitrogens with one attached hydrogen (secondary N) is 3. The molecule has 1 aromatic carbocycles. The fourth-order valence-corrected chi connectivity index (χ4v) is 3.48. The molecule has 2 amide bonds. The summed E-state index contributed by atoms with van der Waals surface area (Å²) in [5.74, 6) is -0.0789. The number of benzene rings is 1. The molecule has 0 saturated carbocycles. The molecule has 1 saturated heterocycles. The zero-order valence-corrected chi connectivity index (χ0v) is 14.4. The summed E-state index contributed by atoms with van der Waals surface area (Å²) < 4.78 is 1.77. The van der Waals surface area contributed by atoms with Gasteiger partial charge in [0.1, 0.15) is 5.54 Å². The molecule has 3 N–H and O–H groups in total. The number of hydrogen-bond acceptors (Lipinski definition) is 4. The maximum Gasteiger partial charge on any atom is 0.252 e. The van der Waals surface area contributed by atoms with Gasteiger partial charge in [0.2, 0.25) is 5.91 Å². The molecular weight excluding hydrogens is 342 g/mol. The van der Waals surface area contributed by atoms with E-state index in [0.717, 1.165) is 24.3 Å². The predicted molar refractivity (Wildman–Crippen MR) is 97.0 cm³/mol. The molecule has 4 rings (SSSR count). The quantitative estimate of drug-likeness (QED) is 0.773. The van der Waals surface area contributed by atoms with E-state index in [1.54, 1.807) is 10.9 Å². The third-order valence-corrected chi connectivity index (χ3v) is 4.78. The summed E-state index contributed by atoms with van der Waals surface area (Å²) in [5.41, 5.74) is 1.76. The highest BCUT2D eigenvalue weighted by Crippen LogP contribution is 2.30. The number of piperidine rings is 1. The lowest BCUT2D eigenvalue weighted by molar-refractivity contribution is -0.126. The molecule has 1 fully saturated rings. The molecule has 132 valence electrons. The third kappa shape index (κ3) is 3.12. The van der Waals surface area contributed by atoms with Gasteiger partial charge in [-0.15, -0.1) is 12.4 Å². The molecule has 8 heteroatoms. The van der Waals surface area contributed by atoms with Crippen LogP contribution in [0.3, 0.4) is 0 Å². The summed E-state index contributed by atoms with van der Waals surface area (Å²) in [6.45, 7) is 1.55. The number of aromatic nitrogens is 2. The zero-order chi connectivity index (χ0) is 16.6. The van der Waals surface area contributed by atoms with Gasteiger partial charge in [-0.2, -0.15) is 5.10 Å². The Labute approximate surface area is 151 Å². The number of nitrogens with zero attached hydrogens (tertiary/aromatic N) is 2. The van der Waals surface area contributed by atoms with Crippen molar-refractivity contribution < 1.29 is 9.59 Å². The highest BCUT2D eigenvalue weighted by atomic mass is 35.5. The molecule has 0 radical (unpaired) electrons. The minimum absolute atomic E-state index is 0. The summed E-state index contributed by atoms with van der Waals surface area (Å²) >= 11 is 0. The van der Waals surface area contributed by atoms with E-state index in [-0.39, 0.29) is 24.2 Å². The molecule has 0 spiro atoms. The van der Waals surface area contributed by atoms with E-state index < -0.39 is 5.54 Å². The molecule has 2 aliphatic heterocycles. The van der Waals surface area contributed by atoms with Gasteiger partial charge in [-0.25, -0.2) is 0 Å².